The lowest BCUT2D eigenvalue weighted by atomic mass is 10.2. The third-order valence-electron chi connectivity index (χ3n) is 2.86. The molecular formula is C15H18N4O. The maximum atomic E-state index is 11.9. The van der Waals surface area contributed by atoms with Crippen molar-refractivity contribution in [1.29, 1.82) is 0 Å². The number of nitrogens with one attached hydrogen (secondary N) is 1. The van der Waals surface area contributed by atoms with E-state index in [2.05, 4.69) is 15.3 Å². The van der Waals surface area contributed by atoms with Crippen LogP contribution in [0.5, 0.6) is 0 Å². The molecule has 2 aromatic rings. The van der Waals surface area contributed by atoms with E-state index >= 15 is 0 Å². The molecule has 2 rings (SSSR count). The van der Waals surface area contributed by atoms with Gasteiger partial charge in [-0.3, -0.25) is 9.78 Å². The number of carbonyl (C=O) groups is 1. The zero-order chi connectivity index (χ0) is 14.4. The smallest absolute Gasteiger partial charge is 0.252 e. The van der Waals surface area contributed by atoms with E-state index in [4.69, 9.17) is 0 Å². The second-order valence-electron chi connectivity index (χ2n) is 4.63. The lowest BCUT2D eigenvalue weighted by molar-refractivity contribution is 0.0953. The molecule has 0 saturated heterocycles. The fourth-order valence-electron chi connectivity index (χ4n) is 1.74. The van der Waals surface area contributed by atoms with Crippen LogP contribution in [0.25, 0.3) is 0 Å². The molecule has 2 aromatic heterocycles. The van der Waals surface area contributed by atoms with E-state index in [1.165, 1.54) is 0 Å². The Labute approximate surface area is 118 Å². The highest BCUT2D eigenvalue weighted by molar-refractivity contribution is 5.94. The highest BCUT2D eigenvalue weighted by atomic mass is 16.1. The summed E-state index contributed by atoms with van der Waals surface area (Å²) < 4.78 is 0. The molecule has 2 heterocycles. The van der Waals surface area contributed by atoms with Gasteiger partial charge < -0.3 is 10.2 Å². The lowest BCUT2D eigenvalue weighted by Crippen LogP contribution is -2.26. The molecule has 20 heavy (non-hydrogen) atoms. The van der Waals surface area contributed by atoms with Gasteiger partial charge in [-0.2, -0.15) is 0 Å². The third-order valence-corrected chi connectivity index (χ3v) is 2.86. The number of hydrogen-bond donors (Lipinski definition) is 1. The van der Waals surface area contributed by atoms with Gasteiger partial charge in [-0.25, -0.2) is 4.98 Å². The number of aromatic nitrogens is 2. The van der Waals surface area contributed by atoms with Gasteiger partial charge in [0.1, 0.15) is 5.82 Å². The van der Waals surface area contributed by atoms with Crippen molar-refractivity contribution in [3.63, 3.8) is 0 Å². The Morgan fingerprint density at radius 3 is 2.65 bits per heavy atom. The summed E-state index contributed by atoms with van der Waals surface area (Å²) in [7, 11) is 3.82. The van der Waals surface area contributed by atoms with Crippen LogP contribution in [0.2, 0.25) is 0 Å². The van der Waals surface area contributed by atoms with Crippen LogP contribution in [0, 0.1) is 0 Å². The molecule has 0 saturated carbocycles. The van der Waals surface area contributed by atoms with Crippen molar-refractivity contribution in [1.82, 2.24) is 15.3 Å². The fraction of sp³-hybridized carbons (Fsp3) is 0.267. The molecule has 0 atom stereocenters. The zero-order valence-electron chi connectivity index (χ0n) is 11.7. The Balaban J connectivity index is 1.85. The van der Waals surface area contributed by atoms with Gasteiger partial charge in [-0.15, -0.1) is 0 Å². The van der Waals surface area contributed by atoms with Gasteiger partial charge in [-0.1, -0.05) is 6.07 Å². The van der Waals surface area contributed by atoms with Crippen molar-refractivity contribution in [3.8, 4) is 0 Å². The van der Waals surface area contributed by atoms with Crippen LogP contribution in [0.4, 0.5) is 5.82 Å². The van der Waals surface area contributed by atoms with Crippen LogP contribution >= 0.6 is 0 Å². The molecule has 1 N–H and O–H groups in total. The Kier molecular flexibility index (Phi) is 4.65. The molecule has 0 bridgehead atoms. The van der Waals surface area contributed by atoms with Crippen molar-refractivity contribution in [2.75, 3.05) is 25.5 Å². The van der Waals surface area contributed by atoms with Crippen molar-refractivity contribution in [2.24, 2.45) is 0 Å². The van der Waals surface area contributed by atoms with Crippen LogP contribution in [-0.2, 0) is 6.42 Å². The first kappa shape index (κ1) is 14.0. The number of hydrogen-bond acceptors (Lipinski definition) is 4. The van der Waals surface area contributed by atoms with Gasteiger partial charge in [0.25, 0.3) is 5.91 Å². The molecule has 0 aromatic carbocycles. The molecular weight excluding hydrogens is 252 g/mol. The molecule has 1 amide bonds. The van der Waals surface area contributed by atoms with Crippen LogP contribution < -0.4 is 10.2 Å². The average Bonchev–Trinajstić information content (AvgIpc) is 2.48. The molecule has 5 heteroatoms. The first-order valence-corrected chi connectivity index (χ1v) is 6.48. The van der Waals surface area contributed by atoms with Gasteiger partial charge in [0.05, 0.1) is 5.56 Å². The molecule has 0 aliphatic rings. The van der Waals surface area contributed by atoms with E-state index in [1.54, 1.807) is 18.5 Å². The van der Waals surface area contributed by atoms with E-state index in [0.29, 0.717) is 12.1 Å². The number of nitrogens with zero attached hydrogens (tertiary/aromatic N) is 3. The third kappa shape index (κ3) is 3.78. The minimum absolute atomic E-state index is 0.112. The fourth-order valence-corrected chi connectivity index (χ4v) is 1.74. The van der Waals surface area contributed by atoms with Gasteiger partial charge >= 0.3 is 0 Å². The molecule has 0 fully saturated rings. The van der Waals surface area contributed by atoms with Crippen LogP contribution in [0.15, 0.2) is 42.7 Å². The number of rotatable bonds is 5. The monoisotopic (exact) mass is 270 g/mol. The quantitative estimate of drug-likeness (QED) is 0.895. The minimum atomic E-state index is -0.112. The SMILES string of the molecule is CN(C)c1ccc(C(=O)NCCc2ccccn2)cn1. The van der Waals surface area contributed by atoms with Crippen LogP contribution in [-0.4, -0.2) is 36.5 Å². The predicted molar refractivity (Wildman–Crippen MR) is 78.8 cm³/mol. The first-order chi connectivity index (χ1) is 9.66. The first-order valence-electron chi connectivity index (χ1n) is 6.48. The van der Waals surface area contributed by atoms with E-state index < -0.39 is 0 Å². The average molecular weight is 270 g/mol. The van der Waals surface area contributed by atoms with E-state index in [9.17, 15) is 4.79 Å². The number of carbonyl (C=O) groups excluding carboxylic acids is 1. The Morgan fingerprint density at radius 2 is 2.05 bits per heavy atom. The highest BCUT2D eigenvalue weighted by Crippen LogP contribution is 2.07. The summed E-state index contributed by atoms with van der Waals surface area (Å²) >= 11 is 0. The van der Waals surface area contributed by atoms with Gasteiger partial charge in [0, 0.05) is 45.1 Å². The lowest BCUT2D eigenvalue weighted by Gasteiger charge is -2.11. The van der Waals surface area contributed by atoms with E-state index in [1.807, 2.05) is 43.3 Å². The second-order valence-corrected chi connectivity index (χ2v) is 4.63. The van der Waals surface area contributed by atoms with Crippen molar-refractivity contribution in [3.05, 3.63) is 54.0 Å². The van der Waals surface area contributed by atoms with Gasteiger partial charge in [0.2, 0.25) is 0 Å². The number of pyridine rings is 2. The highest BCUT2D eigenvalue weighted by Gasteiger charge is 2.06. The van der Waals surface area contributed by atoms with Crippen LogP contribution in [0.3, 0.4) is 0 Å². The Hall–Kier alpha value is -2.43. The van der Waals surface area contributed by atoms with Crippen LogP contribution in [0.1, 0.15) is 16.1 Å². The Bertz CT molecular complexity index is 552. The second kappa shape index (κ2) is 6.65. The van der Waals surface area contributed by atoms with Crippen molar-refractivity contribution in [2.45, 2.75) is 6.42 Å². The molecule has 0 unspecified atom stereocenters. The predicted octanol–water partition coefficient (Wildman–Crippen LogP) is 1.52. The summed E-state index contributed by atoms with van der Waals surface area (Å²) in [6.07, 6.45) is 4.06. The summed E-state index contributed by atoms with van der Waals surface area (Å²) in [5.74, 6) is 0.716. The van der Waals surface area contributed by atoms with E-state index in [0.717, 1.165) is 17.9 Å². The Morgan fingerprint density at radius 1 is 1.20 bits per heavy atom. The molecule has 0 radical (unpaired) electrons. The summed E-state index contributed by atoms with van der Waals surface area (Å²) in [6, 6.07) is 9.36. The molecule has 5 nitrogen and oxygen atoms in total. The summed E-state index contributed by atoms with van der Waals surface area (Å²) in [5, 5.41) is 2.86. The molecule has 0 aliphatic heterocycles. The topological polar surface area (TPSA) is 58.1 Å². The van der Waals surface area contributed by atoms with E-state index in [-0.39, 0.29) is 5.91 Å². The summed E-state index contributed by atoms with van der Waals surface area (Å²) in [6.45, 7) is 0.561. The summed E-state index contributed by atoms with van der Waals surface area (Å²) in [5.41, 5.74) is 1.53. The van der Waals surface area contributed by atoms with Crippen molar-refractivity contribution < 1.29 is 4.79 Å². The maximum absolute atomic E-state index is 11.9. The maximum Gasteiger partial charge on any atom is 0.252 e. The summed E-state index contributed by atoms with van der Waals surface area (Å²) in [4.78, 5) is 22.3. The molecule has 104 valence electrons. The number of amides is 1. The van der Waals surface area contributed by atoms with Gasteiger partial charge in [0.15, 0.2) is 0 Å². The largest absolute Gasteiger partial charge is 0.363 e. The molecule has 0 spiro atoms. The number of anilines is 1. The normalized spacial score (nSPS) is 10.1. The zero-order valence-corrected chi connectivity index (χ0v) is 11.7. The minimum Gasteiger partial charge on any atom is -0.363 e. The molecule has 0 aliphatic carbocycles. The standard InChI is InChI=1S/C15H18N4O/c1-19(2)14-7-6-12(11-18-14)15(20)17-10-8-13-5-3-4-9-16-13/h3-7,9,11H,8,10H2,1-2H3,(H,17,20). The van der Waals surface area contributed by atoms with Crippen molar-refractivity contribution >= 4 is 11.7 Å². The van der Waals surface area contributed by atoms with Gasteiger partial charge in [-0.05, 0) is 24.3 Å².